The van der Waals surface area contributed by atoms with Crippen molar-refractivity contribution in [3.8, 4) is 5.75 Å². The van der Waals surface area contributed by atoms with Crippen LogP contribution in [0.3, 0.4) is 0 Å². The molecule has 106 valence electrons. The Kier molecular flexibility index (Phi) is 4.83. The zero-order valence-corrected chi connectivity index (χ0v) is 12.5. The second kappa shape index (κ2) is 6.40. The first-order valence-corrected chi connectivity index (χ1v) is 7.07. The molecule has 0 aliphatic carbocycles. The second-order valence-electron chi connectivity index (χ2n) is 5.40. The third kappa shape index (κ3) is 3.10. The summed E-state index contributed by atoms with van der Waals surface area (Å²) in [5, 5.41) is 3.48. The lowest BCUT2D eigenvalue weighted by Crippen LogP contribution is -2.30. The van der Waals surface area contributed by atoms with Crippen molar-refractivity contribution in [1.82, 2.24) is 5.32 Å². The average Bonchev–Trinajstić information content (AvgIpc) is 2.40. The molecule has 1 unspecified atom stereocenters. The van der Waals surface area contributed by atoms with E-state index in [-0.39, 0.29) is 0 Å². The number of aryl methyl sites for hydroxylation is 2. The zero-order valence-electron chi connectivity index (χ0n) is 12.5. The maximum atomic E-state index is 5.47. The van der Waals surface area contributed by atoms with Crippen LogP contribution >= 0.6 is 0 Å². The minimum atomic E-state index is 0.409. The third-order valence-corrected chi connectivity index (χ3v) is 4.09. The monoisotopic (exact) mass is 263 g/mol. The van der Waals surface area contributed by atoms with Crippen LogP contribution < -0.4 is 10.1 Å². The van der Waals surface area contributed by atoms with Crippen molar-refractivity contribution >= 4 is 0 Å². The number of rotatable bonds is 4. The zero-order chi connectivity index (χ0) is 13.8. The molecule has 1 N–H and O–H groups in total. The van der Waals surface area contributed by atoms with E-state index in [1.807, 2.05) is 0 Å². The van der Waals surface area contributed by atoms with Gasteiger partial charge in [0.05, 0.1) is 7.11 Å². The summed E-state index contributed by atoms with van der Waals surface area (Å²) >= 11 is 0. The number of hydrogen-bond acceptors (Lipinski definition) is 3. The molecule has 1 fully saturated rings. The summed E-state index contributed by atoms with van der Waals surface area (Å²) < 4.78 is 10.9. The molecule has 1 aromatic rings. The Morgan fingerprint density at radius 1 is 1.21 bits per heavy atom. The van der Waals surface area contributed by atoms with E-state index in [1.54, 1.807) is 7.11 Å². The van der Waals surface area contributed by atoms with E-state index in [0.717, 1.165) is 31.8 Å². The predicted octanol–water partition coefficient (Wildman–Crippen LogP) is 3.00. The molecule has 1 heterocycles. The summed E-state index contributed by atoms with van der Waals surface area (Å²) in [5.74, 6) is 1.66. The molecule has 0 aromatic heterocycles. The molecule has 0 bridgehead atoms. The summed E-state index contributed by atoms with van der Waals surface area (Å²) in [5.41, 5.74) is 3.79. The van der Waals surface area contributed by atoms with Gasteiger partial charge in [-0.05, 0) is 56.3 Å². The number of methoxy groups -OCH3 is 1. The number of benzene rings is 1. The van der Waals surface area contributed by atoms with Crippen LogP contribution in [0.4, 0.5) is 0 Å². The molecule has 2 rings (SSSR count). The van der Waals surface area contributed by atoms with Crippen molar-refractivity contribution in [2.75, 3.05) is 27.4 Å². The van der Waals surface area contributed by atoms with Gasteiger partial charge in [-0.1, -0.05) is 12.1 Å². The number of hydrogen-bond donors (Lipinski definition) is 1. The van der Waals surface area contributed by atoms with Gasteiger partial charge in [0.2, 0.25) is 0 Å². The van der Waals surface area contributed by atoms with Crippen LogP contribution in [0.5, 0.6) is 5.75 Å². The van der Waals surface area contributed by atoms with Gasteiger partial charge >= 0.3 is 0 Å². The van der Waals surface area contributed by atoms with E-state index in [4.69, 9.17) is 9.47 Å². The van der Waals surface area contributed by atoms with E-state index in [9.17, 15) is 0 Å². The van der Waals surface area contributed by atoms with E-state index >= 15 is 0 Å². The SMILES string of the molecule is CNC(c1cc(C)c(OC)c(C)c1)C1CCOCC1. The average molecular weight is 263 g/mol. The maximum absolute atomic E-state index is 5.47. The van der Waals surface area contributed by atoms with Crippen LogP contribution in [0.25, 0.3) is 0 Å². The molecule has 1 saturated heterocycles. The van der Waals surface area contributed by atoms with Crippen LogP contribution in [0, 0.1) is 19.8 Å². The fourth-order valence-corrected chi connectivity index (χ4v) is 3.21. The largest absolute Gasteiger partial charge is 0.496 e. The van der Waals surface area contributed by atoms with Crippen LogP contribution in [0.1, 0.15) is 35.6 Å². The summed E-state index contributed by atoms with van der Waals surface area (Å²) in [6.07, 6.45) is 2.27. The molecule has 1 aliphatic heterocycles. The van der Waals surface area contributed by atoms with Crippen molar-refractivity contribution in [2.45, 2.75) is 32.7 Å². The molecule has 0 amide bonds. The molecule has 0 saturated carbocycles. The quantitative estimate of drug-likeness (QED) is 0.906. The summed E-state index contributed by atoms with van der Waals surface area (Å²) in [6.45, 7) is 6.01. The first kappa shape index (κ1) is 14.4. The lowest BCUT2D eigenvalue weighted by molar-refractivity contribution is 0.0546. The fourth-order valence-electron chi connectivity index (χ4n) is 3.21. The van der Waals surface area contributed by atoms with Crippen molar-refractivity contribution in [3.63, 3.8) is 0 Å². The van der Waals surface area contributed by atoms with Gasteiger partial charge in [-0.15, -0.1) is 0 Å². The molecule has 3 nitrogen and oxygen atoms in total. The molecular weight excluding hydrogens is 238 g/mol. The minimum absolute atomic E-state index is 0.409. The van der Waals surface area contributed by atoms with Gasteiger partial charge in [0, 0.05) is 19.3 Å². The Morgan fingerprint density at radius 3 is 2.26 bits per heavy atom. The first-order chi connectivity index (χ1) is 9.17. The lowest BCUT2D eigenvalue weighted by atomic mass is 9.86. The Morgan fingerprint density at radius 2 is 1.79 bits per heavy atom. The van der Waals surface area contributed by atoms with Crippen LogP contribution in [-0.2, 0) is 4.74 Å². The summed E-state index contributed by atoms with van der Waals surface area (Å²) in [4.78, 5) is 0. The molecule has 1 atom stereocenters. The van der Waals surface area contributed by atoms with Crippen molar-refractivity contribution in [2.24, 2.45) is 5.92 Å². The Hall–Kier alpha value is -1.06. The summed E-state index contributed by atoms with van der Waals surface area (Å²) in [7, 11) is 3.79. The second-order valence-corrected chi connectivity index (χ2v) is 5.40. The smallest absolute Gasteiger partial charge is 0.124 e. The van der Waals surface area contributed by atoms with Gasteiger partial charge < -0.3 is 14.8 Å². The van der Waals surface area contributed by atoms with Gasteiger partial charge in [0.25, 0.3) is 0 Å². The van der Waals surface area contributed by atoms with Crippen LogP contribution in [-0.4, -0.2) is 27.4 Å². The van der Waals surface area contributed by atoms with Gasteiger partial charge in [-0.2, -0.15) is 0 Å². The highest BCUT2D eigenvalue weighted by Gasteiger charge is 2.25. The topological polar surface area (TPSA) is 30.5 Å². The third-order valence-electron chi connectivity index (χ3n) is 4.09. The van der Waals surface area contributed by atoms with Crippen molar-refractivity contribution in [3.05, 3.63) is 28.8 Å². The Balaban J connectivity index is 2.27. The van der Waals surface area contributed by atoms with Gasteiger partial charge in [-0.25, -0.2) is 0 Å². The molecule has 1 aromatic carbocycles. The normalized spacial score (nSPS) is 18.3. The van der Waals surface area contributed by atoms with E-state index in [1.165, 1.54) is 16.7 Å². The maximum Gasteiger partial charge on any atom is 0.124 e. The Bertz CT molecular complexity index is 402. The van der Waals surface area contributed by atoms with Crippen molar-refractivity contribution < 1.29 is 9.47 Å². The minimum Gasteiger partial charge on any atom is -0.496 e. The van der Waals surface area contributed by atoms with E-state index < -0.39 is 0 Å². The first-order valence-electron chi connectivity index (χ1n) is 7.07. The van der Waals surface area contributed by atoms with Gasteiger partial charge in [-0.3, -0.25) is 0 Å². The van der Waals surface area contributed by atoms with Crippen molar-refractivity contribution in [1.29, 1.82) is 0 Å². The molecule has 0 radical (unpaired) electrons. The fraction of sp³-hybridized carbons (Fsp3) is 0.625. The molecule has 1 aliphatic rings. The predicted molar refractivity (Wildman–Crippen MR) is 77.8 cm³/mol. The highest BCUT2D eigenvalue weighted by molar-refractivity contribution is 5.44. The highest BCUT2D eigenvalue weighted by atomic mass is 16.5. The van der Waals surface area contributed by atoms with E-state index in [0.29, 0.717) is 12.0 Å². The molecule has 19 heavy (non-hydrogen) atoms. The Labute approximate surface area is 116 Å². The van der Waals surface area contributed by atoms with Gasteiger partial charge in [0.15, 0.2) is 0 Å². The van der Waals surface area contributed by atoms with Gasteiger partial charge in [0.1, 0.15) is 5.75 Å². The van der Waals surface area contributed by atoms with Crippen LogP contribution in [0.2, 0.25) is 0 Å². The number of nitrogens with one attached hydrogen (secondary N) is 1. The molecule has 3 heteroatoms. The summed E-state index contributed by atoms with van der Waals surface area (Å²) in [6, 6.07) is 4.91. The number of ether oxygens (including phenoxy) is 2. The lowest BCUT2D eigenvalue weighted by Gasteiger charge is -2.31. The molecule has 0 spiro atoms. The van der Waals surface area contributed by atoms with Crippen LogP contribution in [0.15, 0.2) is 12.1 Å². The van der Waals surface area contributed by atoms with E-state index in [2.05, 4.69) is 38.3 Å². The highest BCUT2D eigenvalue weighted by Crippen LogP contribution is 2.33. The standard InChI is InChI=1S/C16H25NO2/c1-11-9-14(10-12(2)16(11)18-4)15(17-3)13-5-7-19-8-6-13/h9-10,13,15,17H,5-8H2,1-4H3. The molecular formula is C16H25NO2.